The van der Waals surface area contributed by atoms with E-state index in [9.17, 15) is 4.79 Å². The molecule has 7 heteroatoms. The van der Waals surface area contributed by atoms with Gasteiger partial charge in [0.2, 0.25) is 0 Å². The standard InChI is InChI=1S/C17H21N3O4/c1-11-9-18-19-16(11)15-10-24-5-4-20(15)17(21)12-6-13(22-2)8-14(7-12)23-3/h6-9,15H,4-5,10H2,1-3H3,(H,18,19)/t15-/m0/s1. The van der Waals surface area contributed by atoms with Gasteiger partial charge in [0, 0.05) is 18.2 Å². The van der Waals surface area contributed by atoms with Crippen molar-refractivity contribution in [2.45, 2.75) is 13.0 Å². The molecule has 0 unspecified atom stereocenters. The molecule has 0 spiro atoms. The zero-order chi connectivity index (χ0) is 17.1. The minimum atomic E-state index is -0.189. The van der Waals surface area contributed by atoms with Crippen LogP contribution in [0.25, 0.3) is 0 Å². The third-order valence-electron chi connectivity index (χ3n) is 4.19. The third kappa shape index (κ3) is 3.07. The highest BCUT2D eigenvalue weighted by molar-refractivity contribution is 5.95. The lowest BCUT2D eigenvalue weighted by Crippen LogP contribution is -2.43. The minimum absolute atomic E-state index is 0.0884. The van der Waals surface area contributed by atoms with Gasteiger partial charge < -0.3 is 19.1 Å². The topological polar surface area (TPSA) is 76.7 Å². The first-order valence-electron chi connectivity index (χ1n) is 7.75. The molecule has 0 aliphatic carbocycles. The summed E-state index contributed by atoms with van der Waals surface area (Å²) in [5.41, 5.74) is 2.43. The highest BCUT2D eigenvalue weighted by atomic mass is 16.5. The molecule has 1 N–H and O–H groups in total. The largest absolute Gasteiger partial charge is 0.497 e. The number of nitrogens with one attached hydrogen (secondary N) is 1. The van der Waals surface area contributed by atoms with Gasteiger partial charge in [-0.2, -0.15) is 5.10 Å². The lowest BCUT2D eigenvalue weighted by molar-refractivity contribution is -0.00410. The Labute approximate surface area is 140 Å². The van der Waals surface area contributed by atoms with E-state index in [2.05, 4.69) is 10.2 Å². The van der Waals surface area contributed by atoms with Crippen LogP contribution in [0.5, 0.6) is 11.5 Å². The molecule has 0 radical (unpaired) electrons. The molecule has 1 atom stereocenters. The monoisotopic (exact) mass is 331 g/mol. The average Bonchev–Trinajstić information content (AvgIpc) is 3.06. The summed E-state index contributed by atoms with van der Waals surface area (Å²) in [4.78, 5) is 14.9. The molecular formula is C17H21N3O4. The maximum absolute atomic E-state index is 13.1. The Balaban J connectivity index is 1.93. The number of aromatic nitrogens is 2. The predicted octanol–water partition coefficient (Wildman–Crippen LogP) is 1.95. The number of methoxy groups -OCH3 is 2. The Bertz CT molecular complexity index is 706. The average molecular weight is 331 g/mol. The molecule has 1 saturated heterocycles. The van der Waals surface area contributed by atoms with Crippen LogP contribution in [-0.4, -0.2) is 55.0 Å². The van der Waals surface area contributed by atoms with E-state index in [-0.39, 0.29) is 11.9 Å². The van der Waals surface area contributed by atoms with Gasteiger partial charge in [-0.3, -0.25) is 9.89 Å². The lowest BCUT2D eigenvalue weighted by atomic mass is 10.1. The number of aromatic amines is 1. The normalized spacial score (nSPS) is 17.6. The minimum Gasteiger partial charge on any atom is -0.497 e. The van der Waals surface area contributed by atoms with Crippen LogP contribution in [0.1, 0.15) is 27.7 Å². The summed E-state index contributed by atoms with van der Waals surface area (Å²) in [6, 6.07) is 4.99. The summed E-state index contributed by atoms with van der Waals surface area (Å²) in [7, 11) is 3.13. The molecule has 1 fully saturated rings. The number of benzene rings is 1. The summed E-state index contributed by atoms with van der Waals surface area (Å²) < 4.78 is 16.1. The van der Waals surface area contributed by atoms with Crippen LogP contribution in [0, 0.1) is 6.92 Å². The van der Waals surface area contributed by atoms with E-state index < -0.39 is 0 Å². The van der Waals surface area contributed by atoms with Crippen molar-refractivity contribution in [1.82, 2.24) is 15.1 Å². The van der Waals surface area contributed by atoms with Crippen molar-refractivity contribution in [3.8, 4) is 11.5 Å². The quantitative estimate of drug-likeness (QED) is 0.926. The molecule has 2 aromatic rings. The number of carbonyl (C=O) groups is 1. The molecule has 128 valence electrons. The van der Waals surface area contributed by atoms with Crippen LogP contribution in [0.3, 0.4) is 0 Å². The van der Waals surface area contributed by atoms with Crippen molar-refractivity contribution in [3.05, 3.63) is 41.2 Å². The van der Waals surface area contributed by atoms with Crippen molar-refractivity contribution < 1.29 is 19.0 Å². The van der Waals surface area contributed by atoms with Crippen LogP contribution >= 0.6 is 0 Å². The molecule has 1 aliphatic rings. The second-order valence-electron chi connectivity index (χ2n) is 5.66. The number of ether oxygens (including phenoxy) is 3. The number of morpholine rings is 1. The number of H-pyrrole nitrogens is 1. The number of amides is 1. The van der Waals surface area contributed by atoms with E-state index in [1.807, 2.05) is 6.92 Å². The van der Waals surface area contributed by atoms with Crippen molar-refractivity contribution in [2.24, 2.45) is 0 Å². The van der Waals surface area contributed by atoms with Gasteiger partial charge in [-0.05, 0) is 24.6 Å². The maximum Gasteiger partial charge on any atom is 0.254 e. The van der Waals surface area contributed by atoms with Gasteiger partial charge in [-0.1, -0.05) is 0 Å². The summed E-state index contributed by atoms with van der Waals surface area (Å²) >= 11 is 0. The predicted molar refractivity (Wildman–Crippen MR) is 87.5 cm³/mol. The van der Waals surface area contributed by atoms with Crippen molar-refractivity contribution in [3.63, 3.8) is 0 Å². The summed E-state index contributed by atoms with van der Waals surface area (Å²) in [6.07, 6.45) is 1.75. The Kier molecular flexibility index (Phi) is 4.71. The number of nitrogens with zero attached hydrogens (tertiary/aromatic N) is 2. The lowest BCUT2D eigenvalue weighted by Gasteiger charge is -2.35. The number of carbonyl (C=O) groups excluding carboxylic acids is 1. The first-order chi connectivity index (χ1) is 11.6. The summed E-state index contributed by atoms with van der Waals surface area (Å²) in [6.45, 7) is 3.43. The van der Waals surface area contributed by atoms with Crippen LogP contribution in [0.2, 0.25) is 0 Å². The van der Waals surface area contributed by atoms with Crippen molar-refractivity contribution in [1.29, 1.82) is 0 Å². The number of rotatable bonds is 4. The summed E-state index contributed by atoms with van der Waals surface area (Å²) in [5, 5.41) is 7.04. The van der Waals surface area contributed by atoms with E-state index in [1.54, 1.807) is 43.5 Å². The molecule has 1 aromatic carbocycles. The molecule has 0 bridgehead atoms. The highest BCUT2D eigenvalue weighted by Crippen LogP contribution is 2.29. The second kappa shape index (κ2) is 6.92. The zero-order valence-electron chi connectivity index (χ0n) is 14.0. The smallest absolute Gasteiger partial charge is 0.254 e. The van der Waals surface area contributed by atoms with Gasteiger partial charge in [-0.25, -0.2) is 0 Å². The Morgan fingerprint density at radius 2 is 2.00 bits per heavy atom. The number of hydrogen-bond acceptors (Lipinski definition) is 5. The molecule has 2 heterocycles. The SMILES string of the molecule is COc1cc(OC)cc(C(=O)N2CCOC[C@H]2c2[nH]ncc2C)c1. The zero-order valence-corrected chi connectivity index (χ0v) is 14.0. The van der Waals surface area contributed by atoms with E-state index >= 15 is 0 Å². The van der Waals surface area contributed by atoms with E-state index in [0.717, 1.165) is 11.3 Å². The molecule has 3 rings (SSSR count). The molecule has 1 aliphatic heterocycles. The van der Waals surface area contributed by atoms with Gasteiger partial charge >= 0.3 is 0 Å². The molecular weight excluding hydrogens is 310 g/mol. The first-order valence-corrected chi connectivity index (χ1v) is 7.75. The second-order valence-corrected chi connectivity index (χ2v) is 5.66. The van der Waals surface area contributed by atoms with Gasteiger partial charge in [0.05, 0.1) is 45.4 Å². The van der Waals surface area contributed by atoms with Gasteiger partial charge in [-0.15, -0.1) is 0 Å². The molecule has 1 amide bonds. The van der Waals surface area contributed by atoms with Crippen LogP contribution < -0.4 is 9.47 Å². The fourth-order valence-electron chi connectivity index (χ4n) is 2.88. The van der Waals surface area contributed by atoms with Gasteiger partial charge in [0.25, 0.3) is 5.91 Å². The Hall–Kier alpha value is -2.54. The Morgan fingerprint density at radius 1 is 1.29 bits per heavy atom. The van der Waals surface area contributed by atoms with E-state index in [1.165, 1.54) is 0 Å². The fourth-order valence-corrected chi connectivity index (χ4v) is 2.88. The first kappa shape index (κ1) is 16.3. The van der Waals surface area contributed by atoms with Crippen molar-refractivity contribution >= 4 is 5.91 Å². The fraction of sp³-hybridized carbons (Fsp3) is 0.412. The maximum atomic E-state index is 13.1. The molecule has 7 nitrogen and oxygen atoms in total. The van der Waals surface area contributed by atoms with E-state index in [4.69, 9.17) is 14.2 Å². The number of hydrogen-bond donors (Lipinski definition) is 1. The van der Waals surface area contributed by atoms with Gasteiger partial charge in [0.15, 0.2) is 0 Å². The van der Waals surface area contributed by atoms with Crippen LogP contribution in [0.15, 0.2) is 24.4 Å². The third-order valence-corrected chi connectivity index (χ3v) is 4.19. The van der Waals surface area contributed by atoms with E-state index in [0.29, 0.717) is 36.8 Å². The summed E-state index contributed by atoms with van der Waals surface area (Å²) in [5.74, 6) is 1.08. The van der Waals surface area contributed by atoms with Crippen LogP contribution in [0.4, 0.5) is 0 Å². The van der Waals surface area contributed by atoms with Crippen molar-refractivity contribution in [2.75, 3.05) is 34.0 Å². The van der Waals surface area contributed by atoms with Gasteiger partial charge in [0.1, 0.15) is 11.5 Å². The molecule has 1 aromatic heterocycles. The Morgan fingerprint density at radius 3 is 2.58 bits per heavy atom. The molecule has 0 saturated carbocycles. The van der Waals surface area contributed by atoms with Crippen LogP contribution in [-0.2, 0) is 4.74 Å². The molecule has 24 heavy (non-hydrogen) atoms. The number of aryl methyl sites for hydroxylation is 1. The highest BCUT2D eigenvalue weighted by Gasteiger charge is 2.31.